The van der Waals surface area contributed by atoms with Gasteiger partial charge in [-0.25, -0.2) is 4.98 Å². The van der Waals surface area contributed by atoms with Crippen LogP contribution in [-0.4, -0.2) is 24.7 Å². The molecule has 0 aliphatic carbocycles. The number of hydrogen-bond donors (Lipinski definition) is 0. The molecule has 0 bridgehead atoms. The van der Waals surface area contributed by atoms with E-state index in [9.17, 15) is 10.1 Å². The number of rotatable bonds is 3. The summed E-state index contributed by atoms with van der Waals surface area (Å²) in [5.41, 5.74) is -0.102. The standard InChI is InChI=1S/C8H6ClN5O2S/c1-13-4-10-12-8(13)17-7-3-5(14(15)16)2-6(9)11-7/h2-4H,1H3. The zero-order valence-corrected chi connectivity index (χ0v) is 10.1. The molecule has 0 saturated heterocycles. The molecule has 7 nitrogen and oxygen atoms in total. The van der Waals surface area contributed by atoms with Crippen molar-refractivity contribution in [3.63, 3.8) is 0 Å². The lowest BCUT2D eigenvalue weighted by atomic mass is 10.4. The number of nitrogens with zero attached hydrogens (tertiary/aromatic N) is 5. The molecule has 0 aliphatic rings. The van der Waals surface area contributed by atoms with E-state index in [1.165, 1.54) is 18.5 Å². The third-order valence-electron chi connectivity index (χ3n) is 1.83. The lowest BCUT2D eigenvalue weighted by Gasteiger charge is -2.00. The highest BCUT2D eigenvalue weighted by Gasteiger charge is 2.13. The van der Waals surface area contributed by atoms with Crippen molar-refractivity contribution >= 4 is 29.1 Å². The Bertz CT molecular complexity index is 573. The number of hydrogen-bond acceptors (Lipinski definition) is 6. The van der Waals surface area contributed by atoms with Crippen molar-refractivity contribution in [3.05, 3.63) is 33.7 Å². The quantitative estimate of drug-likeness (QED) is 0.481. The second-order valence-electron chi connectivity index (χ2n) is 3.07. The van der Waals surface area contributed by atoms with Crippen molar-refractivity contribution in [2.75, 3.05) is 0 Å². The maximum Gasteiger partial charge on any atom is 0.275 e. The summed E-state index contributed by atoms with van der Waals surface area (Å²) in [6, 6.07) is 2.54. The van der Waals surface area contributed by atoms with Crippen LogP contribution in [0.25, 0.3) is 0 Å². The summed E-state index contributed by atoms with van der Waals surface area (Å²) in [5, 5.41) is 19.2. The molecular formula is C8H6ClN5O2S. The Morgan fingerprint density at radius 1 is 1.53 bits per heavy atom. The fraction of sp³-hybridized carbons (Fsp3) is 0.125. The number of halogens is 1. The third kappa shape index (κ3) is 2.71. The summed E-state index contributed by atoms with van der Waals surface area (Å²) >= 11 is 6.86. The SMILES string of the molecule is Cn1cnnc1Sc1cc([N+](=O)[O-])cc(Cl)n1. The minimum absolute atomic E-state index is 0.0730. The van der Waals surface area contributed by atoms with Crippen LogP contribution in [-0.2, 0) is 7.05 Å². The van der Waals surface area contributed by atoms with Gasteiger partial charge in [-0.2, -0.15) is 0 Å². The van der Waals surface area contributed by atoms with Crippen LogP contribution < -0.4 is 0 Å². The molecule has 0 fully saturated rings. The largest absolute Gasteiger partial charge is 0.311 e. The van der Waals surface area contributed by atoms with Crippen LogP contribution in [0.15, 0.2) is 28.6 Å². The summed E-state index contributed by atoms with van der Waals surface area (Å²) in [7, 11) is 1.77. The first-order valence-corrected chi connectivity index (χ1v) is 5.59. The number of aromatic nitrogens is 4. The van der Waals surface area contributed by atoms with E-state index in [4.69, 9.17) is 11.6 Å². The highest BCUT2D eigenvalue weighted by atomic mass is 35.5. The molecule has 0 N–H and O–H groups in total. The average molecular weight is 272 g/mol. The van der Waals surface area contributed by atoms with Crippen LogP contribution in [0.5, 0.6) is 0 Å². The predicted molar refractivity (Wildman–Crippen MR) is 61.0 cm³/mol. The predicted octanol–water partition coefficient (Wildman–Crippen LogP) is 1.92. The molecule has 0 aromatic carbocycles. The molecule has 0 radical (unpaired) electrons. The van der Waals surface area contributed by atoms with Gasteiger partial charge < -0.3 is 4.57 Å². The Labute approximate surface area is 105 Å². The van der Waals surface area contributed by atoms with Gasteiger partial charge in [0, 0.05) is 13.1 Å². The lowest BCUT2D eigenvalue weighted by Crippen LogP contribution is -1.93. The zero-order chi connectivity index (χ0) is 12.4. The van der Waals surface area contributed by atoms with E-state index in [1.54, 1.807) is 11.6 Å². The van der Waals surface area contributed by atoms with Crippen LogP contribution in [0.1, 0.15) is 0 Å². The molecule has 2 rings (SSSR count). The first-order chi connectivity index (χ1) is 8.06. The molecule has 0 spiro atoms. The maximum atomic E-state index is 10.7. The molecule has 17 heavy (non-hydrogen) atoms. The fourth-order valence-electron chi connectivity index (χ4n) is 1.08. The van der Waals surface area contributed by atoms with Crippen LogP contribution >= 0.6 is 23.4 Å². The smallest absolute Gasteiger partial charge is 0.275 e. The van der Waals surface area contributed by atoms with Gasteiger partial charge in [0.1, 0.15) is 16.5 Å². The van der Waals surface area contributed by atoms with Crippen molar-refractivity contribution in [1.82, 2.24) is 19.7 Å². The highest BCUT2D eigenvalue weighted by molar-refractivity contribution is 7.99. The van der Waals surface area contributed by atoms with E-state index in [-0.39, 0.29) is 10.8 Å². The Kier molecular flexibility index (Phi) is 3.25. The lowest BCUT2D eigenvalue weighted by molar-refractivity contribution is -0.385. The second kappa shape index (κ2) is 4.68. The summed E-state index contributed by atoms with van der Waals surface area (Å²) in [6.07, 6.45) is 1.53. The van der Waals surface area contributed by atoms with Crippen LogP contribution in [0.3, 0.4) is 0 Å². The van der Waals surface area contributed by atoms with Crippen molar-refractivity contribution < 1.29 is 4.92 Å². The molecule has 2 aromatic heterocycles. The van der Waals surface area contributed by atoms with E-state index in [0.29, 0.717) is 10.2 Å². The highest BCUT2D eigenvalue weighted by Crippen LogP contribution is 2.28. The number of pyridine rings is 1. The topological polar surface area (TPSA) is 86.7 Å². The molecule has 2 heterocycles. The molecule has 0 saturated carbocycles. The molecule has 0 atom stereocenters. The van der Waals surface area contributed by atoms with E-state index in [2.05, 4.69) is 15.2 Å². The van der Waals surface area contributed by atoms with Crippen LogP contribution in [0, 0.1) is 10.1 Å². The van der Waals surface area contributed by atoms with Gasteiger partial charge >= 0.3 is 0 Å². The zero-order valence-electron chi connectivity index (χ0n) is 8.57. The molecule has 9 heteroatoms. The number of nitro groups is 1. The second-order valence-corrected chi connectivity index (χ2v) is 4.44. The fourth-order valence-corrected chi connectivity index (χ4v) is 2.12. The van der Waals surface area contributed by atoms with Gasteiger partial charge in [0.25, 0.3) is 5.69 Å². The van der Waals surface area contributed by atoms with E-state index >= 15 is 0 Å². The van der Waals surface area contributed by atoms with Crippen molar-refractivity contribution in [2.45, 2.75) is 10.2 Å². The Hall–Kier alpha value is -1.67. The average Bonchev–Trinajstić information content (AvgIpc) is 2.63. The Balaban J connectivity index is 2.33. The Morgan fingerprint density at radius 2 is 2.29 bits per heavy atom. The molecule has 88 valence electrons. The van der Waals surface area contributed by atoms with Gasteiger partial charge in [-0.15, -0.1) is 10.2 Å². The van der Waals surface area contributed by atoms with Gasteiger partial charge in [0.15, 0.2) is 5.16 Å². The molecular weight excluding hydrogens is 266 g/mol. The van der Waals surface area contributed by atoms with Crippen molar-refractivity contribution in [3.8, 4) is 0 Å². The van der Waals surface area contributed by atoms with Gasteiger partial charge in [-0.3, -0.25) is 10.1 Å². The summed E-state index contributed by atoms with van der Waals surface area (Å²) in [6.45, 7) is 0. The monoisotopic (exact) mass is 271 g/mol. The third-order valence-corrected chi connectivity index (χ3v) is 3.00. The summed E-state index contributed by atoms with van der Waals surface area (Å²) in [4.78, 5) is 14.1. The molecule has 0 unspecified atom stereocenters. The van der Waals surface area contributed by atoms with Gasteiger partial charge in [0.05, 0.1) is 11.0 Å². The van der Waals surface area contributed by atoms with Gasteiger partial charge in [-0.05, 0) is 11.8 Å². The normalized spacial score (nSPS) is 10.5. The van der Waals surface area contributed by atoms with Crippen molar-refractivity contribution in [1.29, 1.82) is 0 Å². The van der Waals surface area contributed by atoms with Gasteiger partial charge in [-0.1, -0.05) is 11.6 Å². The maximum absolute atomic E-state index is 10.7. The van der Waals surface area contributed by atoms with Crippen LogP contribution in [0.2, 0.25) is 5.15 Å². The van der Waals surface area contributed by atoms with Gasteiger partial charge in [0.2, 0.25) is 0 Å². The van der Waals surface area contributed by atoms with Crippen LogP contribution in [0.4, 0.5) is 5.69 Å². The van der Waals surface area contributed by atoms with E-state index in [0.717, 1.165) is 11.8 Å². The summed E-state index contributed by atoms with van der Waals surface area (Å²) < 4.78 is 1.68. The minimum Gasteiger partial charge on any atom is -0.311 e. The number of aryl methyl sites for hydroxylation is 1. The molecule has 0 amide bonds. The summed E-state index contributed by atoms with van der Waals surface area (Å²) in [5.74, 6) is 0. The van der Waals surface area contributed by atoms with E-state index in [1.807, 2.05) is 0 Å². The Morgan fingerprint density at radius 3 is 2.88 bits per heavy atom. The first kappa shape index (κ1) is 11.8. The first-order valence-electron chi connectivity index (χ1n) is 4.40. The minimum atomic E-state index is -0.520. The van der Waals surface area contributed by atoms with Crippen molar-refractivity contribution in [2.24, 2.45) is 7.05 Å². The molecule has 2 aromatic rings. The molecule has 0 aliphatic heterocycles. The van der Waals surface area contributed by atoms with E-state index < -0.39 is 4.92 Å².